The maximum Gasteiger partial charge on any atom is 1.00 e. The molecule has 1 N–H and O–H groups in total. The first-order chi connectivity index (χ1) is 1.89. The zero-order valence-electron chi connectivity index (χ0n) is 3.44. The van der Waals surface area contributed by atoms with Gasteiger partial charge in [-0.1, -0.05) is 0 Å². The van der Waals surface area contributed by atoms with Crippen LogP contribution in [-0.2, 0) is 0 Å². The van der Waals surface area contributed by atoms with Gasteiger partial charge in [-0.3, -0.25) is 0 Å². The molecular formula is C3H6LiO+. The van der Waals surface area contributed by atoms with Gasteiger partial charge in [-0.25, -0.2) is 0 Å². The van der Waals surface area contributed by atoms with Gasteiger partial charge in [0.05, 0.1) is 6.10 Å². The Morgan fingerprint density at radius 1 is 1.40 bits per heavy atom. The minimum absolute atomic E-state index is 0. The standard InChI is InChI=1S/C3H6O.Li/c4-3-1-2-3;/h3-4H,1-2H2;/q;+1. The van der Waals surface area contributed by atoms with Gasteiger partial charge in [-0.2, -0.15) is 0 Å². The molecule has 0 amide bonds. The maximum absolute atomic E-state index is 8.17. The van der Waals surface area contributed by atoms with Crippen molar-refractivity contribution in [1.82, 2.24) is 0 Å². The van der Waals surface area contributed by atoms with Gasteiger partial charge >= 0.3 is 18.9 Å². The second-order valence-electron chi connectivity index (χ2n) is 1.23. The van der Waals surface area contributed by atoms with E-state index in [-0.39, 0.29) is 25.0 Å². The van der Waals surface area contributed by atoms with Gasteiger partial charge in [0.2, 0.25) is 0 Å². The summed E-state index contributed by atoms with van der Waals surface area (Å²) < 4.78 is 0. The van der Waals surface area contributed by atoms with Crippen LogP contribution in [0.25, 0.3) is 0 Å². The zero-order valence-corrected chi connectivity index (χ0v) is 3.44. The Balaban J connectivity index is 0.000000160. The summed E-state index contributed by atoms with van der Waals surface area (Å²) in [6.45, 7) is 0. The van der Waals surface area contributed by atoms with E-state index in [2.05, 4.69) is 0 Å². The number of aliphatic hydroxyl groups is 1. The van der Waals surface area contributed by atoms with Crippen molar-refractivity contribution in [3.8, 4) is 0 Å². The summed E-state index contributed by atoms with van der Waals surface area (Å²) in [6, 6.07) is 0. The third kappa shape index (κ3) is 2.36. The Kier molecular flexibility index (Phi) is 2.08. The van der Waals surface area contributed by atoms with Crippen LogP contribution in [0.2, 0.25) is 0 Å². The molecule has 1 aliphatic carbocycles. The Labute approximate surface area is 43.6 Å². The monoisotopic (exact) mass is 65.1 g/mol. The molecule has 0 spiro atoms. The fourth-order valence-electron chi connectivity index (χ4n) is 0.0745. The molecule has 1 saturated carbocycles. The molecule has 0 heterocycles. The van der Waals surface area contributed by atoms with Crippen molar-refractivity contribution in [1.29, 1.82) is 0 Å². The van der Waals surface area contributed by atoms with Crippen molar-refractivity contribution in [3.63, 3.8) is 0 Å². The first kappa shape index (κ1) is 5.56. The summed E-state index contributed by atoms with van der Waals surface area (Å²) in [4.78, 5) is 0. The van der Waals surface area contributed by atoms with Crippen LogP contribution in [0.1, 0.15) is 12.8 Å². The smallest absolute Gasteiger partial charge is 0.393 e. The minimum Gasteiger partial charge on any atom is -0.393 e. The molecule has 1 rings (SSSR count). The van der Waals surface area contributed by atoms with Crippen LogP contribution in [0, 0.1) is 0 Å². The number of rotatable bonds is 0. The molecule has 1 fully saturated rings. The molecule has 5 heavy (non-hydrogen) atoms. The van der Waals surface area contributed by atoms with E-state index in [0.717, 1.165) is 12.8 Å². The van der Waals surface area contributed by atoms with E-state index in [0.29, 0.717) is 0 Å². The van der Waals surface area contributed by atoms with Crippen molar-refractivity contribution in [2.75, 3.05) is 0 Å². The fourth-order valence-corrected chi connectivity index (χ4v) is 0.0745. The molecule has 2 heteroatoms. The molecular weight excluding hydrogens is 59.0 g/mol. The minimum atomic E-state index is 0. The van der Waals surface area contributed by atoms with Crippen LogP contribution in [0.4, 0.5) is 0 Å². The molecule has 1 aliphatic rings. The molecule has 0 aromatic carbocycles. The van der Waals surface area contributed by atoms with E-state index in [4.69, 9.17) is 5.11 Å². The molecule has 1 nitrogen and oxygen atoms in total. The molecule has 0 bridgehead atoms. The van der Waals surface area contributed by atoms with Crippen LogP contribution < -0.4 is 18.9 Å². The van der Waals surface area contributed by atoms with Crippen LogP contribution in [0.15, 0.2) is 0 Å². The largest absolute Gasteiger partial charge is 1.00 e. The molecule has 0 aromatic heterocycles. The van der Waals surface area contributed by atoms with E-state index in [1.165, 1.54) is 0 Å². The molecule has 0 unspecified atom stereocenters. The third-order valence-electron chi connectivity index (χ3n) is 0.547. The molecule has 0 atom stereocenters. The van der Waals surface area contributed by atoms with Crippen molar-refractivity contribution in [2.24, 2.45) is 0 Å². The molecule has 0 aliphatic heterocycles. The SMILES string of the molecule is OC1CC1.[Li+]. The van der Waals surface area contributed by atoms with Gasteiger partial charge in [0.1, 0.15) is 0 Å². The molecule has 0 aromatic rings. The average molecular weight is 65.0 g/mol. The number of aliphatic hydroxyl groups excluding tert-OH is 1. The van der Waals surface area contributed by atoms with Gasteiger partial charge in [-0.05, 0) is 12.8 Å². The Hall–Kier alpha value is 0.557. The average Bonchev–Trinajstić information content (AvgIpc) is 1.75. The topological polar surface area (TPSA) is 20.2 Å². The van der Waals surface area contributed by atoms with Crippen LogP contribution >= 0.6 is 0 Å². The molecule has 0 saturated heterocycles. The van der Waals surface area contributed by atoms with E-state index in [1.807, 2.05) is 0 Å². The van der Waals surface area contributed by atoms with Gasteiger partial charge in [0.25, 0.3) is 0 Å². The first-order valence-electron chi connectivity index (χ1n) is 1.57. The maximum atomic E-state index is 8.17. The van der Waals surface area contributed by atoms with E-state index in [1.54, 1.807) is 0 Å². The van der Waals surface area contributed by atoms with Crippen LogP contribution in [-0.4, -0.2) is 11.2 Å². The summed E-state index contributed by atoms with van der Waals surface area (Å²) in [5.41, 5.74) is 0. The van der Waals surface area contributed by atoms with E-state index < -0.39 is 0 Å². The van der Waals surface area contributed by atoms with Gasteiger partial charge in [0, 0.05) is 0 Å². The van der Waals surface area contributed by atoms with Crippen LogP contribution in [0.5, 0.6) is 0 Å². The van der Waals surface area contributed by atoms with E-state index >= 15 is 0 Å². The summed E-state index contributed by atoms with van der Waals surface area (Å²) in [6.07, 6.45) is 2.17. The van der Waals surface area contributed by atoms with Crippen molar-refractivity contribution >= 4 is 0 Å². The van der Waals surface area contributed by atoms with Gasteiger partial charge < -0.3 is 5.11 Å². The first-order valence-corrected chi connectivity index (χ1v) is 1.57. The predicted molar refractivity (Wildman–Crippen MR) is 15.2 cm³/mol. The normalized spacial score (nSPS) is 21.0. The second-order valence-corrected chi connectivity index (χ2v) is 1.23. The van der Waals surface area contributed by atoms with Crippen molar-refractivity contribution < 1.29 is 24.0 Å². The van der Waals surface area contributed by atoms with Gasteiger partial charge in [0.15, 0.2) is 0 Å². The van der Waals surface area contributed by atoms with Crippen LogP contribution in [0.3, 0.4) is 0 Å². The Morgan fingerprint density at radius 3 is 1.60 bits per heavy atom. The quantitative estimate of drug-likeness (QED) is 0.301. The summed E-state index contributed by atoms with van der Waals surface area (Å²) in [7, 11) is 0. The Morgan fingerprint density at radius 2 is 1.60 bits per heavy atom. The second kappa shape index (κ2) is 1.87. The van der Waals surface area contributed by atoms with Crippen molar-refractivity contribution in [3.05, 3.63) is 0 Å². The third-order valence-corrected chi connectivity index (χ3v) is 0.547. The Bertz CT molecular complexity index is 26.1. The van der Waals surface area contributed by atoms with Crippen molar-refractivity contribution in [2.45, 2.75) is 18.9 Å². The molecule has 24 valence electrons. The fraction of sp³-hybridized carbons (Fsp3) is 1.00. The zero-order chi connectivity index (χ0) is 2.99. The number of hydrogen-bond donors (Lipinski definition) is 1. The predicted octanol–water partition coefficient (Wildman–Crippen LogP) is -2.85. The molecule has 0 radical (unpaired) electrons. The number of hydrogen-bond acceptors (Lipinski definition) is 1. The summed E-state index contributed by atoms with van der Waals surface area (Å²) in [5.74, 6) is 0. The summed E-state index contributed by atoms with van der Waals surface area (Å²) >= 11 is 0. The van der Waals surface area contributed by atoms with Gasteiger partial charge in [-0.15, -0.1) is 0 Å². The summed E-state index contributed by atoms with van der Waals surface area (Å²) in [5, 5.41) is 8.17. The van der Waals surface area contributed by atoms with E-state index in [9.17, 15) is 0 Å².